The summed E-state index contributed by atoms with van der Waals surface area (Å²) in [5.41, 5.74) is 0.495. The van der Waals surface area contributed by atoms with E-state index in [4.69, 9.17) is 0 Å². The number of hydrogen-bond acceptors (Lipinski definition) is 2. The van der Waals surface area contributed by atoms with Crippen LogP contribution in [-0.2, 0) is 4.79 Å². The van der Waals surface area contributed by atoms with Gasteiger partial charge in [-0.1, -0.05) is 22.5 Å². The van der Waals surface area contributed by atoms with Crippen LogP contribution >= 0.6 is 15.9 Å². The first kappa shape index (κ1) is 6.60. The molecule has 0 spiro atoms. The number of hydrogen-bond donors (Lipinski definition) is 0. The fourth-order valence-corrected chi connectivity index (χ4v) is 0.220. The molecule has 0 aliphatic carbocycles. The molecular weight excluding hydrogens is 158 g/mol. The van der Waals surface area contributed by atoms with E-state index in [0.717, 1.165) is 0 Å². The van der Waals surface area contributed by atoms with Gasteiger partial charge in [0.05, 0.1) is 5.70 Å². The standard InChI is InChI=1S/C4H4BrNO/c1-4(2-5)6-3-7/h1-2H2. The SMILES string of the molecule is C=C(CBr)N=C=O. The van der Waals surface area contributed by atoms with Crippen LogP contribution in [0.5, 0.6) is 0 Å². The number of carbonyl (C=O) groups excluding carboxylic acids is 1. The van der Waals surface area contributed by atoms with Crippen molar-refractivity contribution in [1.82, 2.24) is 0 Å². The maximum atomic E-state index is 9.40. The van der Waals surface area contributed by atoms with Gasteiger partial charge in [-0.25, -0.2) is 4.79 Å². The molecule has 0 aromatic heterocycles. The molecule has 0 unspecified atom stereocenters. The zero-order valence-electron chi connectivity index (χ0n) is 3.65. The first-order valence-electron chi connectivity index (χ1n) is 1.63. The van der Waals surface area contributed by atoms with Crippen LogP contribution in [0.4, 0.5) is 0 Å². The lowest BCUT2D eigenvalue weighted by atomic mass is 10.6. The van der Waals surface area contributed by atoms with Crippen LogP contribution in [0.1, 0.15) is 0 Å². The second-order valence-corrected chi connectivity index (χ2v) is 1.46. The summed E-state index contributed by atoms with van der Waals surface area (Å²) in [6.07, 6.45) is 1.36. The summed E-state index contributed by atoms with van der Waals surface area (Å²) in [6.45, 7) is 3.39. The van der Waals surface area contributed by atoms with Gasteiger partial charge in [0.2, 0.25) is 6.08 Å². The summed E-state index contributed by atoms with van der Waals surface area (Å²) >= 11 is 3.04. The number of allylic oxidation sites excluding steroid dienone is 1. The lowest BCUT2D eigenvalue weighted by Crippen LogP contribution is -1.71. The fraction of sp³-hybridized carbons (Fsp3) is 0.250. The molecule has 0 aromatic rings. The molecule has 0 aliphatic rings. The lowest BCUT2D eigenvalue weighted by molar-refractivity contribution is 0.564. The van der Waals surface area contributed by atoms with E-state index in [-0.39, 0.29) is 0 Å². The second-order valence-electron chi connectivity index (χ2n) is 0.903. The van der Waals surface area contributed by atoms with Gasteiger partial charge in [0.25, 0.3) is 0 Å². The molecule has 0 aromatic carbocycles. The Morgan fingerprint density at radius 3 is 2.71 bits per heavy atom. The number of alkyl halides is 1. The highest BCUT2D eigenvalue weighted by molar-refractivity contribution is 9.09. The van der Waals surface area contributed by atoms with Crippen LogP contribution in [0.25, 0.3) is 0 Å². The lowest BCUT2D eigenvalue weighted by Gasteiger charge is -1.79. The topological polar surface area (TPSA) is 29.4 Å². The van der Waals surface area contributed by atoms with E-state index in [2.05, 4.69) is 27.5 Å². The number of halogens is 1. The van der Waals surface area contributed by atoms with Crippen molar-refractivity contribution in [2.45, 2.75) is 0 Å². The molecule has 0 amide bonds. The molecule has 0 radical (unpaired) electrons. The number of rotatable bonds is 2. The maximum absolute atomic E-state index is 9.40. The van der Waals surface area contributed by atoms with Crippen LogP contribution in [0.3, 0.4) is 0 Å². The van der Waals surface area contributed by atoms with Crippen molar-refractivity contribution in [2.75, 3.05) is 5.33 Å². The Morgan fingerprint density at radius 2 is 2.57 bits per heavy atom. The first-order valence-corrected chi connectivity index (χ1v) is 2.75. The quantitative estimate of drug-likeness (QED) is 0.341. The highest BCUT2D eigenvalue weighted by atomic mass is 79.9. The van der Waals surface area contributed by atoms with Crippen LogP contribution in [0.2, 0.25) is 0 Å². The zero-order chi connectivity index (χ0) is 5.70. The Labute approximate surface area is 50.1 Å². The average Bonchev–Trinajstić information content (AvgIpc) is 1.68. The Kier molecular flexibility index (Phi) is 3.56. The van der Waals surface area contributed by atoms with Crippen molar-refractivity contribution >= 4 is 22.0 Å². The molecule has 0 bridgehead atoms. The van der Waals surface area contributed by atoms with Crippen LogP contribution in [0.15, 0.2) is 17.3 Å². The summed E-state index contributed by atoms with van der Waals surface area (Å²) in [7, 11) is 0. The molecule has 0 aliphatic heterocycles. The number of aliphatic imine (C=N–C) groups is 1. The van der Waals surface area contributed by atoms with Gasteiger partial charge in [-0.05, 0) is 0 Å². The molecule has 0 atom stereocenters. The number of isocyanates is 1. The molecular formula is C4H4BrNO. The average molecular weight is 162 g/mol. The summed E-state index contributed by atoms with van der Waals surface area (Å²) in [5.74, 6) is 0. The first-order chi connectivity index (χ1) is 3.31. The third-order valence-electron chi connectivity index (χ3n) is 0.358. The van der Waals surface area contributed by atoms with Crippen molar-refractivity contribution in [3.63, 3.8) is 0 Å². The Balaban J connectivity index is 3.58. The summed E-state index contributed by atoms with van der Waals surface area (Å²) in [6, 6.07) is 0. The molecule has 38 valence electrons. The van der Waals surface area contributed by atoms with E-state index in [1.807, 2.05) is 0 Å². The van der Waals surface area contributed by atoms with E-state index < -0.39 is 0 Å². The second kappa shape index (κ2) is 3.78. The fourth-order valence-electron chi connectivity index (χ4n) is 0.0944. The van der Waals surface area contributed by atoms with E-state index in [9.17, 15) is 4.79 Å². The summed E-state index contributed by atoms with van der Waals surface area (Å²) < 4.78 is 0. The molecule has 0 saturated heterocycles. The van der Waals surface area contributed by atoms with E-state index in [1.54, 1.807) is 0 Å². The van der Waals surface area contributed by atoms with Gasteiger partial charge >= 0.3 is 0 Å². The molecule has 0 fully saturated rings. The zero-order valence-corrected chi connectivity index (χ0v) is 5.23. The van der Waals surface area contributed by atoms with E-state index in [1.165, 1.54) is 6.08 Å². The molecule has 3 heteroatoms. The molecule has 0 saturated carbocycles. The van der Waals surface area contributed by atoms with Crippen LogP contribution in [0, 0.1) is 0 Å². The normalized spacial score (nSPS) is 7.00. The highest BCUT2D eigenvalue weighted by Gasteiger charge is 1.79. The highest BCUT2D eigenvalue weighted by Crippen LogP contribution is 1.93. The monoisotopic (exact) mass is 161 g/mol. The van der Waals surface area contributed by atoms with Crippen molar-refractivity contribution in [3.05, 3.63) is 12.3 Å². The van der Waals surface area contributed by atoms with E-state index >= 15 is 0 Å². The molecule has 0 N–H and O–H groups in total. The summed E-state index contributed by atoms with van der Waals surface area (Å²) in [5, 5.41) is 0.530. The van der Waals surface area contributed by atoms with E-state index in [0.29, 0.717) is 11.0 Å². The van der Waals surface area contributed by atoms with Crippen molar-refractivity contribution in [3.8, 4) is 0 Å². The van der Waals surface area contributed by atoms with Crippen molar-refractivity contribution in [2.24, 2.45) is 4.99 Å². The van der Waals surface area contributed by atoms with Gasteiger partial charge in [-0.3, -0.25) is 0 Å². The Morgan fingerprint density at radius 1 is 2.00 bits per heavy atom. The van der Waals surface area contributed by atoms with Gasteiger partial charge in [0, 0.05) is 5.33 Å². The van der Waals surface area contributed by atoms with Crippen molar-refractivity contribution in [1.29, 1.82) is 0 Å². The van der Waals surface area contributed by atoms with Crippen molar-refractivity contribution < 1.29 is 4.79 Å². The molecule has 2 nitrogen and oxygen atoms in total. The molecule has 0 heterocycles. The van der Waals surface area contributed by atoms with Crippen LogP contribution < -0.4 is 0 Å². The Bertz CT molecular complexity index is 115. The predicted octanol–water partition coefficient (Wildman–Crippen LogP) is 1.23. The minimum atomic E-state index is 0.495. The van der Waals surface area contributed by atoms with Gasteiger partial charge in [-0.2, -0.15) is 4.99 Å². The smallest absolute Gasteiger partial charge is 0.211 e. The largest absolute Gasteiger partial charge is 0.240 e. The minimum Gasteiger partial charge on any atom is -0.211 e. The number of nitrogens with zero attached hydrogens (tertiary/aromatic N) is 1. The Hall–Kier alpha value is -0.400. The third kappa shape index (κ3) is 3.43. The van der Waals surface area contributed by atoms with Gasteiger partial charge in [0.1, 0.15) is 0 Å². The third-order valence-corrected chi connectivity index (χ3v) is 1.01. The predicted molar refractivity (Wildman–Crippen MR) is 31.1 cm³/mol. The van der Waals surface area contributed by atoms with Crippen LogP contribution in [-0.4, -0.2) is 11.4 Å². The van der Waals surface area contributed by atoms with Gasteiger partial charge < -0.3 is 0 Å². The molecule has 7 heavy (non-hydrogen) atoms. The maximum Gasteiger partial charge on any atom is 0.240 e. The van der Waals surface area contributed by atoms with Gasteiger partial charge in [0.15, 0.2) is 0 Å². The molecule has 0 rings (SSSR count). The minimum absolute atomic E-state index is 0.495. The summed E-state index contributed by atoms with van der Waals surface area (Å²) in [4.78, 5) is 12.6. The van der Waals surface area contributed by atoms with Gasteiger partial charge in [-0.15, -0.1) is 0 Å².